The van der Waals surface area contributed by atoms with Crippen LogP contribution in [0, 0.1) is 11.3 Å². The number of hydrogen-bond acceptors (Lipinski definition) is 11. The third-order valence-electron chi connectivity index (χ3n) is 14.3. The van der Waals surface area contributed by atoms with Gasteiger partial charge in [-0.1, -0.05) is 218 Å². The summed E-state index contributed by atoms with van der Waals surface area (Å²) in [5.41, 5.74) is 14.4. The molecule has 0 N–H and O–H groups in total. The van der Waals surface area contributed by atoms with E-state index in [0.29, 0.717) is 57.6 Å². The summed E-state index contributed by atoms with van der Waals surface area (Å²) in [7, 11) is 0. The van der Waals surface area contributed by atoms with Crippen LogP contribution in [0.4, 0.5) is 34.4 Å². The van der Waals surface area contributed by atoms with Crippen LogP contribution in [0.3, 0.4) is 0 Å². The van der Waals surface area contributed by atoms with Gasteiger partial charge in [-0.2, -0.15) is 5.26 Å². The Hall–Kier alpha value is -11.6. The molecule has 0 unspecified atom stereocenters. The van der Waals surface area contributed by atoms with Crippen LogP contribution in [-0.4, -0.2) is 39.9 Å². The summed E-state index contributed by atoms with van der Waals surface area (Å²) >= 11 is 0. The summed E-state index contributed by atoms with van der Waals surface area (Å²) in [6, 6.07) is 93.3. The molecule has 10 aromatic carbocycles. The zero-order valence-electron chi connectivity index (χ0n) is 43.9. The first kappa shape index (κ1) is 48.7. The van der Waals surface area contributed by atoms with E-state index >= 15 is 0 Å². The molecule has 0 atom stereocenters. The molecule has 13 aromatic rings. The van der Waals surface area contributed by atoms with Crippen LogP contribution >= 0.6 is 0 Å². The molecule has 0 radical (unpaired) electrons. The van der Waals surface area contributed by atoms with Gasteiger partial charge < -0.3 is 4.90 Å². The van der Waals surface area contributed by atoms with Crippen molar-refractivity contribution in [2.24, 2.45) is 0 Å². The Kier molecular flexibility index (Phi) is 12.7. The number of rotatable bonds is 11. The molecule has 1 aliphatic heterocycles. The van der Waals surface area contributed by atoms with E-state index in [2.05, 4.69) is 94.7 Å². The smallest absolute Gasteiger partial charge is 0.235 e. The number of nitriles is 1. The molecular formula is C71H45N11. The highest BCUT2D eigenvalue weighted by molar-refractivity contribution is 6.07. The standard InChI is InChI=1S/C71H45N11/c72-46-47-39-41-48(42-40-47)56-43-55(69-77-65(51-27-11-3-12-28-51)75-66(78-69)52-29-13-4-14-30-52)44-57(70-79-67(53-31-15-5-16-32-53)76-68(80-70)54-33-17-6-18-34-54)64(56)81-60-35-19-21-37-62(60)82(63-38-22-20-36-61(63)81)71-73-58(49-23-7-1-8-24-49)45-59(74-71)50-25-9-2-10-26-50/h1-45H. The summed E-state index contributed by atoms with van der Waals surface area (Å²) in [5, 5.41) is 10.2. The van der Waals surface area contributed by atoms with Gasteiger partial charge in [-0.25, -0.2) is 39.9 Å². The molecular weight excluding hydrogens is 1010 g/mol. The maximum atomic E-state index is 10.2. The van der Waals surface area contributed by atoms with E-state index in [4.69, 9.17) is 39.9 Å². The summed E-state index contributed by atoms with van der Waals surface area (Å²) in [5.74, 6) is 3.36. The van der Waals surface area contributed by atoms with E-state index < -0.39 is 0 Å². The molecule has 1 aliphatic rings. The van der Waals surface area contributed by atoms with Gasteiger partial charge in [0.05, 0.1) is 51.5 Å². The van der Waals surface area contributed by atoms with Gasteiger partial charge in [-0.15, -0.1) is 0 Å². The third kappa shape index (κ3) is 9.34. The number of anilines is 6. The Morgan fingerprint density at radius 2 is 0.573 bits per heavy atom. The Balaban J connectivity index is 1.08. The highest BCUT2D eigenvalue weighted by Gasteiger charge is 2.36. The molecule has 82 heavy (non-hydrogen) atoms. The largest absolute Gasteiger partial charge is 0.305 e. The topological polar surface area (TPSA) is 133 Å². The van der Waals surface area contributed by atoms with Crippen LogP contribution in [0.2, 0.25) is 0 Å². The molecule has 0 amide bonds. The van der Waals surface area contributed by atoms with E-state index in [9.17, 15) is 5.26 Å². The van der Waals surface area contributed by atoms with Crippen LogP contribution in [0.25, 0.3) is 102 Å². The fourth-order valence-electron chi connectivity index (χ4n) is 10.4. The predicted molar refractivity (Wildman–Crippen MR) is 325 cm³/mol. The third-order valence-corrected chi connectivity index (χ3v) is 14.3. The predicted octanol–water partition coefficient (Wildman–Crippen LogP) is 17.0. The van der Waals surface area contributed by atoms with Crippen molar-refractivity contribution < 1.29 is 0 Å². The maximum Gasteiger partial charge on any atom is 0.235 e. The minimum Gasteiger partial charge on any atom is -0.305 e. The van der Waals surface area contributed by atoms with E-state index in [-0.39, 0.29) is 0 Å². The van der Waals surface area contributed by atoms with Gasteiger partial charge in [0.25, 0.3) is 0 Å². The Morgan fingerprint density at radius 3 is 0.951 bits per heavy atom. The van der Waals surface area contributed by atoms with Crippen molar-refractivity contribution in [3.8, 4) is 108 Å². The van der Waals surface area contributed by atoms with Crippen molar-refractivity contribution in [2.45, 2.75) is 0 Å². The van der Waals surface area contributed by atoms with E-state index in [1.165, 1.54) is 0 Å². The highest BCUT2D eigenvalue weighted by atomic mass is 15.3. The van der Waals surface area contributed by atoms with E-state index in [1.807, 2.05) is 194 Å². The average molecular weight is 1050 g/mol. The molecule has 0 saturated carbocycles. The molecule has 14 rings (SSSR count). The maximum absolute atomic E-state index is 10.2. The number of fused-ring (bicyclic) bond motifs is 2. The van der Waals surface area contributed by atoms with Crippen LogP contribution in [-0.2, 0) is 0 Å². The first-order valence-electron chi connectivity index (χ1n) is 26.8. The molecule has 0 bridgehead atoms. The minimum atomic E-state index is 0.406. The second-order valence-corrected chi connectivity index (χ2v) is 19.5. The van der Waals surface area contributed by atoms with Gasteiger partial charge >= 0.3 is 0 Å². The van der Waals surface area contributed by atoms with Crippen molar-refractivity contribution in [2.75, 3.05) is 9.80 Å². The molecule has 11 nitrogen and oxygen atoms in total. The zero-order chi connectivity index (χ0) is 54.8. The summed E-state index contributed by atoms with van der Waals surface area (Å²) in [6.07, 6.45) is 0. The van der Waals surface area contributed by atoms with Crippen LogP contribution in [0.15, 0.2) is 273 Å². The molecule has 0 saturated heterocycles. The zero-order valence-corrected chi connectivity index (χ0v) is 43.9. The first-order chi connectivity index (χ1) is 40.6. The van der Waals surface area contributed by atoms with Crippen molar-refractivity contribution in [3.05, 3.63) is 279 Å². The molecule has 0 spiro atoms. The van der Waals surface area contributed by atoms with E-state index in [1.54, 1.807) is 0 Å². The number of aromatic nitrogens is 8. The van der Waals surface area contributed by atoms with Gasteiger partial charge in [-0.3, -0.25) is 4.90 Å². The van der Waals surface area contributed by atoms with Crippen molar-refractivity contribution >= 4 is 34.4 Å². The summed E-state index contributed by atoms with van der Waals surface area (Å²) in [6.45, 7) is 0. The number of para-hydroxylation sites is 4. The summed E-state index contributed by atoms with van der Waals surface area (Å²) < 4.78 is 0. The second-order valence-electron chi connectivity index (χ2n) is 19.5. The van der Waals surface area contributed by atoms with Crippen LogP contribution in [0.1, 0.15) is 5.56 Å². The lowest BCUT2D eigenvalue weighted by molar-refractivity contribution is 1.05. The van der Waals surface area contributed by atoms with Crippen molar-refractivity contribution in [3.63, 3.8) is 0 Å². The molecule has 3 aromatic heterocycles. The van der Waals surface area contributed by atoms with Gasteiger partial charge in [0.15, 0.2) is 34.9 Å². The lowest BCUT2D eigenvalue weighted by atomic mass is 9.92. The van der Waals surface area contributed by atoms with Crippen LogP contribution < -0.4 is 9.80 Å². The van der Waals surface area contributed by atoms with Gasteiger partial charge in [0.1, 0.15) is 0 Å². The number of hydrogen-bond donors (Lipinski definition) is 0. The average Bonchev–Trinajstić information content (AvgIpc) is 3.64. The molecule has 4 heterocycles. The lowest BCUT2D eigenvalue weighted by Crippen LogP contribution is -2.26. The monoisotopic (exact) mass is 1050 g/mol. The van der Waals surface area contributed by atoms with Gasteiger partial charge in [0.2, 0.25) is 5.95 Å². The molecule has 384 valence electrons. The first-order valence-corrected chi connectivity index (χ1v) is 26.8. The van der Waals surface area contributed by atoms with Gasteiger partial charge in [0, 0.05) is 50.1 Å². The Morgan fingerprint density at radius 1 is 0.256 bits per heavy atom. The Labute approximate surface area is 473 Å². The number of nitrogens with zero attached hydrogens (tertiary/aromatic N) is 11. The van der Waals surface area contributed by atoms with Crippen molar-refractivity contribution in [1.82, 2.24) is 39.9 Å². The summed E-state index contributed by atoms with van der Waals surface area (Å²) in [4.78, 5) is 47.0. The highest BCUT2D eigenvalue weighted by Crippen LogP contribution is 2.57. The molecule has 11 heteroatoms. The molecule has 0 fully saturated rings. The van der Waals surface area contributed by atoms with Crippen molar-refractivity contribution in [1.29, 1.82) is 5.26 Å². The second kappa shape index (κ2) is 21.3. The van der Waals surface area contributed by atoms with Gasteiger partial charge in [-0.05, 0) is 60.2 Å². The van der Waals surface area contributed by atoms with Crippen LogP contribution in [0.5, 0.6) is 0 Å². The fraction of sp³-hybridized carbons (Fsp3) is 0. The SMILES string of the molecule is N#Cc1ccc(-c2cc(-c3nc(-c4ccccc4)nc(-c4ccccc4)n3)cc(-c3nc(-c4ccccc4)nc(-c4ccccc4)n3)c2N2c3ccccc3N(c3nc(-c4ccccc4)cc(-c4ccccc4)n3)c3ccccc32)cc1. The minimum absolute atomic E-state index is 0.406. The molecule has 0 aliphatic carbocycles. The Bertz CT molecular complexity index is 4280. The fourth-order valence-corrected chi connectivity index (χ4v) is 10.4. The number of benzene rings is 10. The van der Waals surface area contributed by atoms with E-state index in [0.717, 1.165) is 84.3 Å². The lowest BCUT2D eigenvalue weighted by Gasteiger charge is -2.40. The quantitative estimate of drug-likeness (QED) is 0.123. The normalized spacial score (nSPS) is 11.6.